The Hall–Kier alpha value is -1.33. The van der Waals surface area contributed by atoms with Gasteiger partial charge in [-0.15, -0.1) is 0 Å². The fourth-order valence-electron chi connectivity index (χ4n) is 2.40. The van der Waals surface area contributed by atoms with Crippen LogP contribution in [0.4, 0.5) is 4.39 Å². The number of rotatable bonds is 10. The van der Waals surface area contributed by atoms with Gasteiger partial charge in [-0.05, 0) is 25.0 Å². The van der Waals surface area contributed by atoms with Crippen molar-refractivity contribution in [2.24, 2.45) is 0 Å². The molecule has 0 radical (unpaired) electrons. The first-order chi connectivity index (χ1) is 10.1. The summed E-state index contributed by atoms with van der Waals surface area (Å²) in [7, 11) is 1.68. The fourth-order valence-corrected chi connectivity index (χ4v) is 2.40. The summed E-state index contributed by atoms with van der Waals surface area (Å²) in [6.45, 7) is 6.44. The minimum atomic E-state index is -0.426. The number of methoxy groups -OCH3 is 1. The van der Waals surface area contributed by atoms with Gasteiger partial charge in [-0.25, -0.2) is 4.39 Å². The lowest BCUT2D eigenvalue weighted by Gasteiger charge is -2.29. The SMILES string of the molecule is CCC(CC)N(CCOC)CCC(=O)c1ccc(F)cn1. The zero-order valence-corrected chi connectivity index (χ0v) is 13.1. The van der Waals surface area contributed by atoms with Crippen molar-refractivity contribution in [3.05, 3.63) is 29.8 Å². The van der Waals surface area contributed by atoms with Crippen molar-refractivity contribution in [2.75, 3.05) is 26.8 Å². The molecule has 1 aromatic heterocycles. The average molecular weight is 296 g/mol. The van der Waals surface area contributed by atoms with Crippen LogP contribution in [0.2, 0.25) is 0 Å². The summed E-state index contributed by atoms with van der Waals surface area (Å²) in [5, 5.41) is 0. The van der Waals surface area contributed by atoms with Crippen molar-refractivity contribution < 1.29 is 13.9 Å². The van der Waals surface area contributed by atoms with Crippen LogP contribution in [0.1, 0.15) is 43.6 Å². The molecule has 118 valence electrons. The number of hydrogen-bond donors (Lipinski definition) is 0. The predicted molar refractivity (Wildman–Crippen MR) is 81.0 cm³/mol. The smallest absolute Gasteiger partial charge is 0.182 e. The zero-order valence-electron chi connectivity index (χ0n) is 13.1. The summed E-state index contributed by atoms with van der Waals surface area (Å²) in [4.78, 5) is 18.2. The van der Waals surface area contributed by atoms with Crippen LogP contribution in [-0.2, 0) is 4.74 Å². The number of ketones is 1. The van der Waals surface area contributed by atoms with E-state index < -0.39 is 5.82 Å². The van der Waals surface area contributed by atoms with Crippen molar-refractivity contribution in [1.29, 1.82) is 0 Å². The Kier molecular flexibility index (Phi) is 8.08. The van der Waals surface area contributed by atoms with E-state index in [1.807, 2.05) is 0 Å². The standard InChI is InChI=1S/C16H25FN2O2/c1-4-14(5-2)19(10-11-21-3)9-8-16(20)15-7-6-13(17)12-18-15/h6-7,12,14H,4-5,8-11H2,1-3H3. The highest BCUT2D eigenvalue weighted by atomic mass is 19.1. The molecular weight excluding hydrogens is 271 g/mol. The van der Waals surface area contributed by atoms with Crippen molar-refractivity contribution in [3.63, 3.8) is 0 Å². The molecule has 0 fully saturated rings. The lowest BCUT2D eigenvalue weighted by molar-refractivity contribution is 0.0894. The van der Waals surface area contributed by atoms with Gasteiger partial charge in [0.15, 0.2) is 5.78 Å². The summed E-state index contributed by atoms with van der Waals surface area (Å²) < 4.78 is 17.9. The van der Waals surface area contributed by atoms with Gasteiger partial charge in [-0.3, -0.25) is 14.7 Å². The monoisotopic (exact) mass is 296 g/mol. The first-order valence-electron chi connectivity index (χ1n) is 7.50. The lowest BCUT2D eigenvalue weighted by atomic mass is 10.1. The van der Waals surface area contributed by atoms with Gasteiger partial charge in [0.05, 0.1) is 12.8 Å². The van der Waals surface area contributed by atoms with Gasteiger partial charge in [-0.1, -0.05) is 13.8 Å². The molecule has 0 amide bonds. The Morgan fingerprint density at radius 3 is 2.57 bits per heavy atom. The van der Waals surface area contributed by atoms with E-state index in [1.165, 1.54) is 12.1 Å². The predicted octanol–water partition coefficient (Wildman–Crippen LogP) is 2.93. The molecule has 0 saturated carbocycles. The normalized spacial score (nSPS) is 11.3. The van der Waals surface area contributed by atoms with Crippen LogP contribution in [0.3, 0.4) is 0 Å². The Balaban J connectivity index is 2.58. The maximum Gasteiger partial charge on any atom is 0.182 e. The highest BCUT2D eigenvalue weighted by Crippen LogP contribution is 2.10. The van der Waals surface area contributed by atoms with Gasteiger partial charge in [0, 0.05) is 32.7 Å². The summed E-state index contributed by atoms with van der Waals surface area (Å²) in [6, 6.07) is 3.16. The number of ether oxygens (including phenoxy) is 1. The molecule has 21 heavy (non-hydrogen) atoms. The van der Waals surface area contributed by atoms with Crippen LogP contribution < -0.4 is 0 Å². The van der Waals surface area contributed by atoms with E-state index in [0.29, 0.717) is 31.3 Å². The number of aromatic nitrogens is 1. The second kappa shape index (κ2) is 9.58. The molecule has 0 aromatic carbocycles. The summed E-state index contributed by atoms with van der Waals surface area (Å²) in [5.74, 6) is -0.478. The molecular formula is C16H25FN2O2. The quantitative estimate of drug-likeness (QED) is 0.623. The van der Waals surface area contributed by atoms with Crippen LogP contribution in [0.25, 0.3) is 0 Å². The second-order valence-electron chi connectivity index (χ2n) is 5.03. The molecule has 4 nitrogen and oxygen atoms in total. The number of carbonyl (C=O) groups is 1. The van der Waals surface area contributed by atoms with Crippen LogP contribution in [-0.4, -0.2) is 48.5 Å². The molecule has 5 heteroatoms. The molecule has 0 N–H and O–H groups in total. The molecule has 0 aliphatic rings. The first-order valence-corrected chi connectivity index (χ1v) is 7.50. The average Bonchev–Trinajstić information content (AvgIpc) is 2.50. The Bertz CT molecular complexity index is 419. The van der Waals surface area contributed by atoms with Crippen LogP contribution >= 0.6 is 0 Å². The third-order valence-corrected chi connectivity index (χ3v) is 3.68. The van der Waals surface area contributed by atoms with E-state index in [1.54, 1.807) is 7.11 Å². The van der Waals surface area contributed by atoms with Gasteiger partial charge in [0.25, 0.3) is 0 Å². The lowest BCUT2D eigenvalue weighted by Crippen LogP contribution is -2.38. The minimum Gasteiger partial charge on any atom is -0.383 e. The fraction of sp³-hybridized carbons (Fsp3) is 0.625. The Morgan fingerprint density at radius 2 is 2.05 bits per heavy atom. The van der Waals surface area contributed by atoms with Gasteiger partial charge in [-0.2, -0.15) is 0 Å². The maximum atomic E-state index is 12.8. The largest absolute Gasteiger partial charge is 0.383 e. The molecule has 1 aromatic rings. The van der Waals surface area contributed by atoms with Crippen molar-refractivity contribution in [2.45, 2.75) is 39.2 Å². The molecule has 1 heterocycles. The van der Waals surface area contributed by atoms with Crippen molar-refractivity contribution >= 4 is 5.78 Å². The van der Waals surface area contributed by atoms with Gasteiger partial charge in [0.2, 0.25) is 0 Å². The van der Waals surface area contributed by atoms with E-state index >= 15 is 0 Å². The van der Waals surface area contributed by atoms with E-state index in [-0.39, 0.29) is 5.78 Å². The molecule has 0 atom stereocenters. The molecule has 0 aliphatic carbocycles. The van der Waals surface area contributed by atoms with Gasteiger partial charge < -0.3 is 4.74 Å². The first kappa shape index (κ1) is 17.7. The number of nitrogens with zero attached hydrogens (tertiary/aromatic N) is 2. The number of pyridine rings is 1. The molecule has 0 spiro atoms. The van der Waals surface area contributed by atoms with E-state index in [4.69, 9.17) is 4.74 Å². The zero-order chi connectivity index (χ0) is 15.7. The third-order valence-electron chi connectivity index (χ3n) is 3.68. The number of halogens is 1. The molecule has 0 saturated heterocycles. The van der Waals surface area contributed by atoms with Gasteiger partial charge >= 0.3 is 0 Å². The molecule has 0 aliphatic heterocycles. The summed E-state index contributed by atoms with van der Waals surface area (Å²) in [6.07, 6.45) is 3.56. The Morgan fingerprint density at radius 1 is 1.33 bits per heavy atom. The number of Topliss-reactive ketones (excluding diaryl/α,β-unsaturated/α-hetero) is 1. The third kappa shape index (κ3) is 5.89. The van der Waals surface area contributed by atoms with Crippen LogP contribution in [0, 0.1) is 5.82 Å². The molecule has 0 unspecified atom stereocenters. The maximum absolute atomic E-state index is 12.8. The van der Waals surface area contributed by atoms with E-state index in [9.17, 15) is 9.18 Å². The number of carbonyl (C=O) groups excluding carboxylic acids is 1. The topological polar surface area (TPSA) is 42.4 Å². The van der Waals surface area contributed by atoms with E-state index in [0.717, 1.165) is 25.6 Å². The van der Waals surface area contributed by atoms with Crippen LogP contribution in [0.5, 0.6) is 0 Å². The summed E-state index contributed by atoms with van der Waals surface area (Å²) in [5.41, 5.74) is 0.327. The highest BCUT2D eigenvalue weighted by Gasteiger charge is 2.17. The Labute approximate surface area is 126 Å². The highest BCUT2D eigenvalue weighted by molar-refractivity contribution is 5.94. The van der Waals surface area contributed by atoms with E-state index in [2.05, 4.69) is 23.7 Å². The van der Waals surface area contributed by atoms with Crippen molar-refractivity contribution in [3.8, 4) is 0 Å². The number of hydrogen-bond acceptors (Lipinski definition) is 4. The molecule has 0 bridgehead atoms. The van der Waals surface area contributed by atoms with Gasteiger partial charge in [0.1, 0.15) is 11.5 Å². The minimum absolute atomic E-state index is 0.0524. The second-order valence-corrected chi connectivity index (χ2v) is 5.03. The van der Waals surface area contributed by atoms with Crippen molar-refractivity contribution in [1.82, 2.24) is 9.88 Å². The summed E-state index contributed by atoms with van der Waals surface area (Å²) >= 11 is 0. The van der Waals surface area contributed by atoms with Crippen LogP contribution in [0.15, 0.2) is 18.3 Å². The molecule has 1 rings (SSSR count).